The van der Waals surface area contributed by atoms with Gasteiger partial charge in [0.05, 0.1) is 7.11 Å². The van der Waals surface area contributed by atoms with Gasteiger partial charge in [-0.25, -0.2) is 0 Å². The zero-order chi connectivity index (χ0) is 19.4. The van der Waals surface area contributed by atoms with Gasteiger partial charge in [0, 0.05) is 17.0 Å². The Labute approximate surface area is 168 Å². The van der Waals surface area contributed by atoms with E-state index in [1.165, 1.54) is 48.8 Å². The zero-order valence-electron chi connectivity index (χ0n) is 17.1. The summed E-state index contributed by atoms with van der Waals surface area (Å²) in [5, 5.41) is 10.3. The highest BCUT2D eigenvalue weighted by Crippen LogP contribution is 2.62. The van der Waals surface area contributed by atoms with E-state index in [1.54, 1.807) is 18.3 Å². The molecule has 5 rings (SSSR count). The summed E-state index contributed by atoms with van der Waals surface area (Å²) in [6.45, 7) is 2.50. The van der Waals surface area contributed by atoms with Crippen LogP contribution in [0.2, 0.25) is 0 Å². The van der Waals surface area contributed by atoms with Gasteiger partial charge in [-0.1, -0.05) is 48.4 Å². The van der Waals surface area contributed by atoms with Crippen LogP contribution >= 0.6 is 0 Å². The Morgan fingerprint density at radius 3 is 2.57 bits per heavy atom. The molecule has 146 valence electrons. The Kier molecular flexibility index (Phi) is 4.08. The molecule has 0 amide bonds. The fraction of sp³-hybridized carbons (Fsp3) is 0.462. The average Bonchev–Trinajstić information content (AvgIpc) is 3.09. The number of allylic oxidation sites excluding steroid dienone is 2. The molecule has 0 spiro atoms. The van der Waals surface area contributed by atoms with Gasteiger partial charge in [-0.15, -0.1) is 0 Å². The summed E-state index contributed by atoms with van der Waals surface area (Å²) < 4.78 is 5.86. The van der Waals surface area contributed by atoms with Gasteiger partial charge in [-0.3, -0.25) is 0 Å². The van der Waals surface area contributed by atoms with Gasteiger partial charge in [0.15, 0.2) is 0 Å². The van der Waals surface area contributed by atoms with Gasteiger partial charge in [0.1, 0.15) is 11.5 Å². The SMILES string of the molecule is COc1cc(O)cc2c1C1(Cc3ccccc3)CCC3(C)CCCC3=C1CC2. The molecule has 1 saturated carbocycles. The molecule has 2 heteroatoms. The molecule has 0 aromatic heterocycles. The van der Waals surface area contributed by atoms with Gasteiger partial charge in [0.2, 0.25) is 0 Å². The molecule has 2 aromatic carbocycles. The molecule has 3 aliphatic carbocycles. The van der Waals surface area contributed by atoms with Crippen molar-refractivity contribution in [3.8, 4) is 11.5 Å². The van der Waals surface area contributed by atoms with E-state index in [4.69, 9.17) is 4.74 Å². The van der Waals surface area contributed by atoms with Crippen LogP contribution in [0, 0.1) is 5.41 Å². The van der Waals surface area contributed by atoms with Crippen LogP contribution in [0.5, 0.6) is 11.5 Å². The van der Waals surface area contributed by atoms with E-state index in [-0.39, 0.29) is 5.41 Å². The maximum Gasteiger partial charge on any atom is 0.126 e. The maximum absolute atomic E-state index is 10.3. The number of aromatic hydroxyl groups is 1. The molecule has 28 heavy (non-hydrogen) atoms. The number of phenolic OH excluding ortho intramolecular Hbond substituents is 1. The van der Waals surface area contributed by atoms with Crippen molar-refractivity contribution in [2.24, 2.45) is 5.41 Å². The topological polar surface area (TPSA) is 29.5 Å². The van der Waals surface area contributed by atoms with Gasteiger partial charge in [-0.05, 0) is 74.0 Å². The van der Waals surface area contributed by atoms with Crippen molar-refractivity contribution in [3.05, 3.63) is 70.3 Å². The Balaban J connectivity index is 1.77. The molecule has 1 N–H and O–H groups in total. The predicted octanol–water partition coefficient (Wildman–Crippen LogP) is 6.11. The fourth-order valence-electron chi connectivity index (χ4n) is 6.54. The van der Waals surface area contributed by atoms with E-state index in [1.807, 2.05) is 12.1 Å². The van der Waals surface area contributed by atoms with Crippen LogP contribution in [0.25, 0.3) is 0 Å². The van der Waals surface area contributed by atoms with Gasteiger partial charge in [0.25, 0.3) is 0 Å². The van der Waals surface area contributed by atoms with E-state index in [0.29, 0.717) is 11.2 Å². The van der Waals surface area contributed by atoms with E-state index in [0.717, 1.165) is 25.0 Å². The Morgan fingerprint density at radius 1 is 0.964 bits per heavy atom. The number of benzene rings is 2. The molecule has 2 aromatic rings. The summed E-state index contributed by atoms with van der Waals surface area (Å²) in [6, 6.07) is 14.7. The molecular weight excluding hydrogens is 344 g/mol. The largest absolute Gasteiger partial charge is 0.508 e. The zero-order valence-corrected chi connectivity index (χ0v) is 17.1. The molecule has 0 radical (unpaired) electrons. The number of phenols is 1. The molecule has 2 atom stereocenters. The Hall–Kier alpha value is -2.22. The number of hydrogen-bond donors (Lipinski definition) is 1. The normalized spacial score (nSPS) is 28.5. The minimum absolute atomic E-state index is 0.00711. The standard InChI is InChI=1S/C26H30O2/c1-25-12-6-9-21(25)22-11-10-19-15-20(27)16-23(28-2)24(19)26(22,14-13-25)17-18-7-4-3-5-8-18/h3-5,7-8,15-16,27H,6,9-14,17H2,1-2H3. The van der Waals surface area contributed by atoms with Crippen molar-refractivity contribution < 1.29 is 9.84 Å². The van der Waals surface area contributed by atoms with Crippen molar-refractivity contribution >= 4 is 0 Å². The van der Waals surface area contributed by atoms with E-state index in [9.17, 15) is 5.11 Å². The predicted molar refractivity (Wildman–Crippen MR) is 113 cm³/mol. The molecule has 0 saturated heterocycles. The van der Waals surface area contributed by atoms with Gasteiger partial charge < -0.3 is 9.84 Å². The summed E-state index contributed by atoms with van der Waals surface area (Å²) in [6.07, 6.45) is 9.51. The summed E-state index contributed by atoms with van der Waals surface area (Å²) in [7, 11) is 1.75. The van der Waals surface area contributed by atoms with Crippen LogP contribution < -0.4 is 4.74 Å². The lowest BCUT2D eigenvalue weighted by Gasteiger charge is -2.50. The first kappa shape index (κ1) is 17.8. The highest BCUT2D eigenvalue weighted by atomic mass is 16.5. The monoisotopic (exact) mass is 374 g/mol. The third-order valence-electron chi connectivity index (χ3n) is 7.79. The first-order valence-electron chi connectivity index (χ1n) is 10.7. The number of hydrogen-bond acceptors (Lipinski definition) is 2. The molecule has 3 aliphatic rings. The number of methoxy groups -OCH3 is 1. The van der Waals surface area contributed by atoms with Crippen molar-refractivity contribution in [1.82, 2.24) is 0 Å². The lowest BCUT2D eigenvalue weighted by atomic mass is 9.54. The van der Waals surface area contributed by atoms with Crippen molar-refractivity contribution in [1.29, 1.82) is 0 Å². The average molecular weight is 375 g/mol. The number of rotatable bonds is 3. The van der Waals surface area contributed by atoms with Crippen molar-refractivity contribution in [2.45, 2.75) is 63.7 Å². The van der Waals surface area contributed by atoms with Crippen LogP contribution in [-0.2, 0) is 18.3 Å². The summed E-state index contributed by atoms with van der Waals surface area (Å²) in [5.41, 5.74) is 7.86. The van der Waals surface area contributed by atoms with Gasteiger partial charge >= 0.3 is 0 Å². The lowest BCUT2D eigenvalue weighted by Crippen LogP contribution is -2.42. The molecule has 2 unspecified atom stereocenters. The minimum atomic E-state index is 0.00711. The first-order chi connectivity index (χ1) is 13.6. The maximum atomic E-state index is 10.3. The lowest BCUT2D eigenvalue weighted by molar-refractivity contribution is 0.258. The number of aryl methyl sites for hydroxylation is 1. The van der Waals surface area contributed by atoms with Crippen molar-refractivity contribution in [3.63, 3.8) is 0 Å². The molecular formula is C26H30O2. The second-order valence-electron chi connectivity index (χ2n) is 9.30. The second-order valence-corrected chi connectivity index (χ2v) is 9.30. The Bertz CT molecular complexity index is 925. The number of fused-ring (bicyclic) bond motifs is 4. The molecule has 2 nitrogen and oxygen atoms in total. The van der Waals surface area contributed by atoms with Crippen molar-refractivity contribution in [2.75, 3.05) is 7.11 Å². The minimum Gasteiger partial charge on any atom is -0.508 e. The quantitative estimate of drug-likeness (QED) is 0.657. The third kappa shape index (κ3) is 2.53. The molecule has 0 aliphatic heterocycles. The fourth-order valence-corrected chi connectivity index (χ4v) is 6.54. The smallest absolute Gasteiger partial charge is 0.126 e. The van der Waals surface area contributed by atoms with E-state index in [2.05, 4.69) is 37.3 Å². The highest BCUT2D eigenvalue weighted by Gasteiger charge is 2.51. The van der Waals surface area contributed by atoms with E-state index < -0.39 is 0 Å². The van der Waals surface area contributed by atoms with Crippen LogP contribution in [0.3, 0.4) is 0 Å². The van der Waals surface area contributed by atoms with E-state index >= 15 is 0 Å². The molecule has 0 bridgehead atoms. The summed E-state index contributed by atoms with van der Waals surface area (Å²) in [5.74, 6) is 1.19. The summed E-state index contributed by atoms with van der Waals surface area (Å²) >= 11 is 0. The highest BCUT2D eigenvalue weighted by molar-refractivity contribution is 5.59. The first-order valence-corrected chi connectivity index (χ1v) is 10.7. The third-order valence-corrected chi connectivity index (χ3v) is 7.79. The summed E-state index contributed by atoms with van der Waals surface area (Å²) in [4.78, 5) is 0. The number of ether oxygens (including phenoxy) is 1. The second kappa shape index (κ2) is 6.40. The van der Waals surface area contributed by atoms with Crippen LogP contribution in [-0.4, -0.2) is 12.2 Å². The van der Waals surface area contributed by atoms with Gasteiger partial charge in [-0.2, -0.15) is 0 Å². The van der Waals surface area contributed by atoms with Crippen LogP contribution in [0.1, 0.15) is 62.1 Å². The molecule has 0 heterocycles. The molecule has 1 fully saturated rings. The Morgan fingerprint density at radius 2 is 1.79 bits per heavy atom. The van der Waals surface area contributed by atoms with Crippen LogP contribution in [0.4, 0.5) is 0 Å². The van der Waals surface area contributed by atoms with Crippen LogP contribution in [0.15, 0.2) is 53.6 Å².